The first-order valence-electron chi connectivity index (χ1n) is 9.17. The van der Waals surface area contributed by atoms with Gasteiger partial charge in [0.25, 0.3) is 5.91 Å². The highest BCUT2D eigenvalue weighted by atomic mass is 35.5. The summed E-state index contributed by atoms with van der Waals surface area (Å²) in [6.07, 6.45) is 3.47. The summed E-state index contributed by atoms with van der Waals surface area (Å²) in [5.41, 5.74) is 3.11. The standard InChI is InChI=1S/C19H26N4OS.ClH/c1-13(2)15-9-16(22-21-15)18(24)23(11-14-3-8-25-12-14)17-10-19(17)4-6-20-7-5-19;/h3,8-9,12-13,17,20H,4-7,10-11H2,1-2H3,(H,21,22);1H. The molecule has 3 heterocycles. The maximum atomic E-state index is 13.2. The van der Waals surface area contributed by atoms with E-state index in [0.717, 1.165) is 25.2 Å². The monoisotopic (exact) mass is 394 g/mol. The van der Waals surface area contributed by atoms with Crippen LogP contribution >= 0.6 is 23.7 Å². The second-order valence-corrected chi connectivity index (χ2v) is 8.54. The molecular weight excluding hydrogens is 368 g/mol. The van der Waals surface area contributed by atoms with Crippen molar-refractivity contribution >= 4 is 29.7 Å². The Hall–Kier alpha value is -1.37. The number of amides is 1. The normalized spacial score (nSPS) is 20.8. The lowest BCUT2D eigenvalue weighted by Crippen LogP contribution is -2.39. The van der Waals surface area contributed by atoms with Crippen LogP contribution < -0.4 is 5.32 Å². The van der Waals surface area contributed by atoms with E-state index in [4.69, 9.17) is 0 Å². The molecule has 0 aromatic carbocycles. The van der Waals surface area contributed by atoms with E-state index in [1.807, 2.05) is 6.07 Å². The number of hydrogen-bond donors (Lipinski definition) is 2. The molecule has 0 radical (unpaired) electrons. The molecule has 1 aliphatic heterocycles. The number of carbonyl (C=O) groups excluding carboxylic acids is 1. The number of aromatic nitrogens is 2. The first-order valence-corrected chi connectivity index (χ1v) is 10.1. The lowest BCUT2D eigenvalue weighted by Gasteiger charge is -2.29. The highest BCUT2D eigenvalue weighted by Gasteiger charge is 2.57. The molecule has 0 bridgehead atoms. The second-order valence-electron chi connectivity index (χ2n) is 7.76. The van der Waals surface area contributed by atoms with Crippen LogP contribution in [0.1, 0.15) is 60.8 Å². The number of rotatable bonds is 5. The summed E-state index contributed by atoms with van der Waals surface area (Å²) in [7, 11) is 0. The zero-order valence-corrected chi connectivity index (χ0v) is 17.0. The van der Waals surface area contributed by atoms with Gasteiger partial charge in [-0.25, -0.2) is 0 Å². The molecule has 142 valence electrons. The minimum atomic E-state index is 0. The number of halogens is 1. The molecule has 2 aromatic heterocycles. The number of nitrogens with one attached hydrogen (secondary N) is 2. The van der Waals surface area contributed by atoms with Crippen LogP contribution in [0.4, 0.5) is 0 Å². The molecule has 1 saturated carbocycles. The Bertz CT molecular complexity index is 737. The molecule has 7 heteroatoms. The number of thiophene rings is 1. The summed E-state index contributed by atoms with van der Waals surface area (Å²) in [6, 6.07) is 4.39. The highest BCUT2D eigenvalue weighted by Crippen LogP contribution is 2.56. The first kappa shape index (κ1) is 19.4. The van der Waals surface area contributed by atoms with E-state index in [9.17, 15) is 4.79 Å². The summed E-state index contributed by atoms with van der Waals surface area (Å²) in [5, 5.41) is 15.0. The van der Waals surface area contributed by atoms with E-state index in [1.165, 1.54) is 18.4 Å². The summed E-state index contributed by atoms with van der Waals surface area (Å²) in [5.74, 6) is 0.408. The Morgan fingerprint density at radius 2 is 2.19 bits per heavy atom. The van der Waals surface area contributed by atoms with E-state index in [2.05, 4.69) is 51.1 Å². The summed E-state index contributed by atoms with van der Waals surface area (Å²) in [6.45, 7) is 7.03. The molecule has 5 nitrogen and oxygen atoms in total. The van der Waals surface area contributed by atoms with Gasteiger partial charge in [-0.15, -0.1) is 12.4 Å². The summed E-state index contributed by atoms with van der Waals surface area (Å²) < 4.78 is 0. The minimum Gasteiger partial charge on any atom is -0.329 e. The van der Waals surface area contributed by atoms with Crippen molar-refractivity contribution < 1.29 is 4.79 Å². The molecule has 1 amide bonds. The van der Waals surface area contributed by atoms with Gasteiger partial charge in [0.05, 0.1) is 0 Å². The number of nitrogens with zero attached hydrogens (tertiary/aromatic N) is 2. The van der Waals surface area contributed by atoms with Crippen molar-refractivity contribution in [3.05, 3.63) is 39.8 Å². The lowest BCUT2D eigenvalue weighted by molar-refractivity contribution is 0.0686. The van der Waals surface area contributed by atoms with E-state index in [-0.39, 0.29) is 18.3 Å². The number of aromatic amines is 1. The molecule has 1 aliphatic carbocycles. The molecule has 4 rings (SSSR count). The Labute approximate surface area is 165 Å². The Morgan fingerprint density at radius 1 is 1.42 bits per heavy atom. The molecule has 1 atom stereocenters. The van der Waals surface area contributed by atoms with E-state index < -0.39 is 0 Å². The van der Waals surface area contributed by atoms with Crippen LogP contribution in [0.15, 0.2) is 22.9 Å². The molecule has 2 aromatic rings. The predicted molar refractivity (Wildman–Crippen MR) is 107 cm³/mol. The van der Waals surface area contributed by atoms with Gasteiger partial charge in [0.15, 0.2) is 0 Å². The van der Waals surface area contributed by atoms with E-state index in [1.54, 1.807) is 11.3 Å². The largest absolute Gasteiger partial charge is 0.329 e. The zero-order chi connectivity index (χ0) is 17.4. The van der Waals surface area contributed by atoms with Gasteiger partial charge >= 0.3 is 0 Å². The van der Waals surface area contributed by atoms with Gasteiger partial charge in [0.1, 0.15) is 5.69 Å². The quantitative estimate of drug-likeness (QED) is 0.810. The minimum absolute atomic E-state index is 0. The van der Waals surface area contributed by atoms with Crippen LogP contribution in [0.3, 0.4) is 0 Å². The van der Waals surface area contributed by atoms with Gasteiger partial charge < -0.3 is 10.2 Å². The number of H-pyrrole nitrogens is 1. The van der Waals surface area contributed by atoms with Gasteiger partial charge in [0, 0.05) is 18.3 Å². The molecule has 1 unspecified atom stereocenters. The predicted octanol–water partition coefficient (Wildman–Crippen LogP) is 3.80. The van der Waals surface area contributed by atoms with Crippen LogP contribution in [-0.2, 0) is 6.54 Å². The maximum Gasteiger partial charge on any atom is 0.274 e. The summed E-state index contributed by atoms with van der Waals surface area (Å²) >= 11 is 1.69. The number of piperidine rings is 1. The molecular formula is C19H27ClN4OS. The average molecular weight is 395 g/mol. The fourth-order valence-electron chi connectivity index (χ4n) is 4.02. The Morgan fingerprint density at radius 3 is 2.81 bits per heavy atom. The zero-order valence-electron chi connectivity index (χ0n) is 15.3. The smallest absolute Gasteiger partial charge is 0.274 e. The van der Waals surface area contributed by atoms with Crippen LogP contribution in [0.25, 0.3) is 0 Å². The van der Waals surface area contributed by atoms with E-state index >= 15 is 0 Å². The third kappa shape index (κ3) is 3.68. The van der Waals surface area contributed by atoms with Gasteiger partial charge in [-0.05, 0) is 72.1 Å². The SMILES string of the molecule is CC(C)c1cc(C(=O)N(Cc2ccsc2)C2CC23CCNCC3)n[nH]1.Cl. The van der Waals surface area contributed by atoms with Crippen LogP contribution in [0.5, 0.6) is 0 Å². The fourth-order valence-corrected chi connectivity index (χ4v) is 4.68. The second kappa shape index (κ2) is 7.71. The van der Waals surface area contributed by atoms with Crippen molar-refractivity contribution in [1.29, 1.82) is 0 Å². The Kier molecular flexibility index (Phi) is 5.75. The van der Waals surface area contributed by atoms with Crippen LogP contribution in [-0.4, -0.2) is 40.1 Å². The van der Waals surface area contributed by atoms with Gasteiger partial charge in [0.2, 0.25) is 0 Å². The van der Waals surface area contributed by atoms with Crippen LogP contribution in [0, 0.1) is 5.41 Å². The van der Waals surface area contributed by atoms with Gasteiger partial charge in [-0.3, -0.25) is 9.89 Å². The van der Waals surface area contributed by atoms with Crippen molar-refractivity contribution in [1.82, 2.24) is 20.4 Å². The lowest BCUT2D eigenvalue weighted by atomic mass is 9.93. The third-order valence-corrected chi connectivity index (χ3v) is 6.49. The average Bonchev–Trinajstić information content (AvgIpc) is 3.06. The molecule has 2 fully saturated rings. The first-order chi connectivity index (χ1) is 12.1. The van der Waals surface area contributed by atoms with Crippen molar-refractivity contribution in [2.24, 2.45) is 5.41 Å². The molecule has 26 heavy (non-hydrogen) atoms. The topological polar surface area (TPSA) is 61.0 Å². The van der Waals surface area contributed by atoms with E-state index in [0.29, 0.717) is 29.6 Å². The van der Waals surface area contributed by atoms with Crippen molar-refractivity contribution in [3.63, 3.8) is 0 Å². The third-order valence-electron chi connectivity index (χ3n) is 5.75. The molecule has 1 saturated heterocycles. The molecule has 2 aliphatic rings. The fraction of sp³-hybridized carbons (Fsp3) is 0.579. The maximum absolute atomic E-state index is 13.2. The van der Waals surface area contributed by atoms with Crippen molar-refractivity contribution in [2.45, 2.75) is 51.6 Å². The van der Waals surface area contributed by atoms with Crippen LogP contribution in [0.2, 0.25) is 0 Å². The molecule has 1 spiro atoms. The van der Waals surface area contributed by atoms with Crippen molar-refractivity contribution in [2.75, 3.05) is 13.1 Å². The van der Waals surface area contributed by atoms with Gasteiger partial charge in [-0.2, -0.15) is 16.4 Å². The molecule has 2 N–H and O–H groups in total. The highest BCUT2D eigenvalue weighted by molar-refractivity contribution is 7.07. The number of hydrogen-bond acceptors (Lipinski definition) is 4. The number of carbonyl (C=O) groups is 1. The van der Waals surface area contributed by atoms with Gasteiger partial charge in [-0.1, -0.05) is 13.8 Å². The summed E-state index contributed by atoms with van der Waals surface area (Å²) in [4.78, 5) is 15.3. The van der Waals surface area contributed by atoms with Crippen molar-refractivity contribution in [3.8, 4) is 0 Å². The Balaban J connectivity index is 0.00000196.